The van der Waals surface area contributed by atoms with Crippen LogP contribution in [0.4, 0.5) is 0 Å². The summed E-state index contributed by atoms with van der Waals surface area (Å²) in [4.78, 5) is 0. The van der Waals surface area contributed by atoms with E-state index in [4.69, 9.17) is 10.5 Å². The maximum atomic E-state index is 5.85. The Kier molecular flexibility index (Phi) is 3.87. The van der Waals surface area contributed by atoms with Gasteiger partial charge in [0.2, 0.25) is 0 Å². The van der Waals surface area contributed by atoms with Crippen LogP contribution in [0.3, 0.4) is 0 Å². The van der Waals surface area contributed by atoms with Crippen molar-refractivity contribution in [2.45, 2.75) is 38.6 Å². The van der Waals surface area contributed by atoms with Crippen LogP contribution in [0.5, 0.6) is 0 Å². The van der Waals surface area contributed by atoms with Gasteiger partial charge >= 0.3 is 0 Å². The van der Waals surface area contributed by atoms with Gasteiger partial charge in [0.15, 0.2) is 0 Å². The zero-order chi connectivity index (χ0) is 8.10. The Labute approximate surface area is 69.1 Å². The normalized spacial score (nSPS) is 21.3. The van der Waals surface area contributed by atoms with Crippen molar-refractivity contribution < 1.29 is 4.74 Å². The molecule has 1 unspecified atom stereocenters. The molecule has 0 aliphatic heterocycles. The fourth-order valence-corrected chi connectivity index (χ4v) is 1.49. The quantitative estimate of drug-likeness (QED) is 0.657. The molecule has 1 rings (SSSR count). The third kappa shape index (κ3) is 3.21. The zero-order valence-corrected chi connectivity index (χ0v) is 7.38. The topological polar surface area (TPSA) is 35.2 Å². The molecule has 0 aromatic heterocycles. The largest absolute Gasteiger partial charge is 0.380 e. The first-order valence-corrected chi connectivity index (χ1v) is 4.66. The summed E-state index contributed by atoms with van der Waals surface area (Å²) < 4.78 is 5.24. The van der Waals surface area contributed by atoms with Crippen molar-refractivity contribution in [1.29, 1.82) is 0 Å². The number of rotatable bonds is 5. The van der Waals surface area contributed by atoms with E-state index in [1.165, 1.54) is 25.7 Å². The minimum absolute atomic E-state index is 0.278. The summed E-state index contributed by atoms with van der Waals surface area (Å²) in [6.07, 6.45) is 5.35. The van der Waals surface area contributed by atoms with E-state index in [1.54, 1.807) is 0 Å². The smallest absolute Gasteiger partial charge is 0.0617 e. The molecule has 0 amide bonds. The molecular formula is C9H19NO. The number of ether oxygens (including phenoxy) is 1. The highest BCUT2D eigenvalue weighted by molar-refractivity contribution is 4.74. The molecule has 2 heteroatoms. The lowest BCUT2D eigenvalue weighted by Gasteiger charge is -2.27. The third-order valence-corrected chi connectivity index (χ3v) is 2.40. The fraction of sp³-hybridized carbons (Fsp3) is 1.00. The van der Waals surface area contributed by atoms with E-state index in [1.807, 2.05) is 6.92 Å². The van der Waals surface area contributed by atoms with E-state index in [2.05, 4.69) is 0 Å². The van der Waals surface area contributed by atoms with Crippen LogP contribution in [-0.4, -0.2) is 19.3 Å². The molecule has 1 saturated carbocycles. The van der Waals surface area contributed by atoms with Gasteiger partial charge < -0.3 is 10.5 Å². The van der Waals surface area contributed by atoms with Gasteiger partial charge in [-0.05, 0) is 19.3 Å². The van der Waals surface area contributed by atoms with Crippen LogP contribution in [0.2, 0.25) is 0 Å². The fourth-order valence-electron chi connectivity index (χ4n) is 1.49. The van der Waals surface area contributed by atoms with Gasteiger partial charge in [0.25, 0.3) is 0 Å². The molecule has 0 spiro atoms. The van der Waals surface area contributed by atoms with Gasteiger partial charge in [0.05, 0.1) is 6.61 Å². The molecule has 2 N–H and O–H groups in total. The van der Waals surface area contributed by atoms with Crippen molar-refractivity contribution in [3.05, 3.63) is 0 Å². The first kappa shape index (κ1) is 9.01. The van der Waals surface area contributed by atoms with Gasteiger partial charge in [0.1, 0.15) is 0 Å². The van der Waals surface area contributed by atoms with E-state index in [-0.39, 0.29) is 6.04 Å². The molecule has 0 aromatic rings. The molecule has 0 saturated heterocycles. The molecule has 0 bridgehead atoms. The first-order chi connectivity index (χ1) is 5.33. The molecule has 0 heterocycles. The molecule has 0 radical (unpaired) electrons. The molecule has 0 aromatic carbocycles. The van der Waals surface area contributed by atoms with Gasteiger partial charge in [-0.15, -0.1) is 0 Å². The lowest BCUT2D eigenvalue weighted by Crippen LogP contribution is -2.30. The van der Waals surface area contributed by atoms with E-state index < -0.39 is 0 Å². The highest BCUT2D eigenvalue weighted by atomic mass is 16.5. The van der Waals surface area contributed by atoms with Crippen LogP contribution >= 0.6 is 0 Å². The maximum Gasteiger partial charge on any atom is 0.0617 e. The summed E-state index contributed by atoms with van der Waals surface area (Å²) in [5.41, 5.74) is 5.85. The molecule has 1 aliphatic carbocycles. The second kappa shape index (κ2) is 4.73. The van der Waals surface area contributed by atoms with Crippen LogP contribution in [0.25, 0.3) is 0 Å². The van der Waals surface area contributed by atoms with Crippen LogP contribution in [0.15, 0.2) is 0 Å². The van der Waals surface area contributed by atoms with Crippen LogP contribution in [0, 0.1) is 5.92 Å². The summed E-state index contributed by atoms with van der Waals surface area (Å²) in [5, 5.41) is 0. The summed E-state index contributed by atoms with van der Waals surface area (Å²) in [7, 11) is 0. The summed E-state index contributed by atoms with van der Waals surface area (Å²) >= 11 is 0. The molecule has 66 valence electrons. The minimum atomic E-state index is 0.278. The third-order valence-electron chi connectivity index (χ3n) is 2.40. The number of hydrogen-bond acceptors (Lipinski definition) is 2. The lowest BCUT2D eigenvalue weighted by molar-refractivity contribution is 0.119. The van der Waals surface area contributed by atoms with E-state index in [9.17, 15) is 0 Å². The Bertz CT molecular complexity index is 102. The molecular weight excluding hydrogens is 138 g/mol. The number of nitrogens with two attached hydrogens (primary N) is 1. The average Bonchev–Trinajstić information content (AvgIpc) is 1.93. The van der Waals surface area contributed by atoms with E-state index in [0.29, 0.717) is 0 Å². The Hall–Kier alpha value is -0.0800. The van der Waals surface area contributed by atoms with E-state index in [0.717, 1.165) is 19.1 Å². The molecule has 2 nitrogen and oxygen atoms in total. The van der Waals surface area contributed by atoms with Crippen LogP contribution in [-0.2, 0) is 4.74 Å². The van der Waals surface area contributed by atoms with Crippen molar-refractivity contribution in [2.75, 3.05) is 13.2 Å². The lowest BCUT2D eigenvalue weighted by atomic mass is 9.81. The van der Waals surface area contributed by atoms with Crippen molar-refractivity contribution in [3.8, 4) is 0 Å². The summed E-state index contributed by atoms with van der Waals surface area (Å²) in [5.74, 6) is 0.908. The Balaban J connectivity index is 1.95. The highest BCUT2D eigenvalue weighted by Gasteiger charge is 2.19. The van der Waals surface area contributed by atoms with Crippen molar-refractivity contribution in [3.63, 3.8) is 0 Å². The van der Waals surface area contributed by atoms with Crippen LogP contribution in [0.1, 0.15) is 32.6 Å². The highest BCUT2D eigenvalue weighted by Crippen LogP contribution is 2.29. The zero-order valence-electron chi connectivity index (χ0n) is 7.38. The molecule has 1 atom stereocenters. The molecule has 1 aliphatic rings. The van der Waals surface area contributed by atoms with Gasteiger partial charge in [0, 0.05) is 12.6 Å². The SMILES string of the molecule is CCOCC(N)CC1CCC1. The minimum Gasteiger partial charge on any atom is -0.380 e. The summed E-state index contributed by atoms with van der Waals surface area (Å²) in [6, 6.07) is 0.278. The van der Waals surface area contributed by atoms with Crippen molar-refractivity contribution in [1.82, 2.24) is 0 Å². The Morgan fingerprint density at radius 1 is 1.55 bits per heavy atom. The average molecular weight is 157 g/mol. The van der Waals surface area contributed by atoms with Gasteiger partial charge in [-0.2, -0.15) is 0 Å². The van der Waals surface area contributed by atoms with Gasteiger partial charge in [-0.25, -0.2) is 0 Å². The van der Waals surface area contributed by atoms with Crippen LogP contribution < -0.4 is 5.73 Å². The molecule has 1 fully saturated rings. The second-order valence-corrected chi connectivity index (χ2v) is 3.45. The number of hydrogen-bond donors (Lipinski definition) is 1. The van der Waals surface area contributed by atoms with Gasteiger partial charge in [-0.3, -0.25) is 0 Å². The maximum absolute atomic E-state index is 5.85. The Morgan fingerprint density at radius 3 is 2.73 bits per heavy atom. The monoisotopic (exact) mass is 157 g/mol. The van der Waals surface area contributed by atoms with Crippen molar-refractivity contribution >= 4 is 0 Å². The molecule has 11 heavy (non-hydrogen) atoms. The standard InChI is InChI=1S/C9H19NO/c1-2-11-7-9(10)6-8-4-3-5-8/h8-9H,2-7,10H2,1H3. The summed E-state index contributed by atoms with van der Waals surface area (Å²) in [6.45, 7) is 3.54. The van der Waals surface area contributed by atoms with Crippen molar-refractivity contribution in [2.24, 2.45) is 11.7 Å². The van der Waals surface area contributed by atoms with E-state index >= 15 is 0 Å². The first-order valence-electron chi connectivity index (χ1n) is 4.66. The Morgan fingerprint density at radius 2 is 2.27 bits per heavy atom. The predicted molar refractivity (Wildman–Crippen MR) is 46.4 cm³/mol. The predicted octanol–water partition coefficient (Wildman–Crippen LogP) is 1.54. The van der Waals surface area contributed by atoms with Gasteiger partial charge in [-0.1, -0.05) is 19.3 Å². The second-order valence-electron chi connectivity index (χ2n) is 3.45.